The highest BCUT2D eigenvalue weighted by Crippen LogP contribution is 2.47. The van der Waals surface area contributed by atoms with Gasteiger partial charge in [0.25, 0.3) is 0 Å². The summed E-state index contributed by atoms with van der Waals surface area (Å²) in [6.07, 6.45) is 0. The standard InChI is InChI=1S/C50H32N2O/c1-3-16-38(17-4-1)51(40-26-23-33-13-7-8-15-35(33)29-40)47-32-37(30-44-49-41-20-10-9-14-34(41)25-28-48(49)53-50(44)47)36-24-27-43-42-21-11-12-22-45(42)52(46(43)31-36)39-18-5-2-6-19-39/h1-32H. The maximum Gasteiger partial charge on any atom is 0.159 e. The van der Waals surface area contributed by atoms with Crippen molar-refractivity contribution in [1.29, 1.82) is 0 Å². The predicted octanol–water partition coefficient (Wildman–Crippen LogP) is 14.1. The third-order valence-electron chi connectivity index (χ3n) is 10.7. The van der Waals surface area contributed by atoms with Crippen LogP contribution in [0.2, 0.25) is 0 Å². The van der Waals surface area contributed by atoms with Crippen LogP contribution in [0.15, 0.2) is 199 Å². The Morgan fingerprint density at radius 1 is 0.396 bits per heavy atom. The lowest BCUT2D eigenvalue weighted by Crippen LogP contribution is -2.10. The zero-order valence-electron chi connectivity index (χ0n) is 28.8. The molecule has 0 saturated carbocycles. The number of nitrogens with zero attached hydrogens (tertiary/aromatic N) is 2. The second kappa shape index (κ2) is 11.7. The van der Waals surface area contributed by atoms with Crippen LogP contribution in [-0.2, 0) is 0 Å². The normalized spacial score (nSPS) is 11.8. The van der Waals surface area contributed by atoms with E-state index >= 15 is 0 Å². The van der Waals surface area contributed by atoms with Crippen molar-refractivity contribution in [2.45, 2.75) is 0 Å². The molecule has 0 aliphatic carbocycles. The van der Waals surface area contributed by atoms with Gasteiger partial charge in [0.05, 0.1) is 16.7 Å². The fourth-order valence-electron chi connectivity index (χ4n) is 8.29. The Kier molecular flexibility index (Phi) is 6.55. The van der Waals surface area contributed by atoms with Crippen LogP contribution in [0.1, 0.15) is 0 Å². The second-order valence-electron chi connectivity index (χ2n) is 13.8. The van der Waals surface area contributed by atoms with Gasteiger partial charge in [-0.3, -0.25) is 0 Å². The molecule has 248 valence electrons. The summed E-state index contributed by atoms with van der Waals surface area (Å²) in [5.41, 5.74) is 10.6. The Hall–Kier alpha value is -7.10. The molecule has 11 rings (SSSR count). The largest absolute Gasteiger partial charge is 0.454 e. The van der Waals surface area contributed by atoms with Crippen molar-refractivity contribution in [2.24, 2.45) is 0 Å². The minimum Gasteiger partial charge on any atom is -0.454 e. The number of rotatable bonds is 5. The van der Waals surface area contributed by atoms with Crippen LogP contribution in [0.3, 0.4) is 0 Å². The smallest absolute Gasteiger partial charge is 0.159 e. The Labute approximate surface area is 306 Å². The molecule has 0 aliphatic heterocycles. The third kappa shape index (κ3) is 4.68. The van der Waals surface area contributed by atoms with Crippen LogP contribution in [0.25, 0.3) is 82.1 Å². The first-order valence-corrected chi connectivity index (χ1v) is 18.1. The lowest BCUT2D eigenvalue weighted by atomic mass is 9.97. The van der Waals surface area contributed by atoms with Crippen molar-refractivity contribution in [2.75, 3.05) is 4.90 Å². The number of hydrogen-bond acceptors (Lipinski definition) is 2. The van der Waals surface area contributed by atoms with E-state index in [1.807, 2.05) is 0 Å². The van der Waals surface area contributed by atoms with E-state index in [-0.39, 0.29) is 0 Å². The van der Waals surface area contributed by atoms with E-state index in [2.05, 4.69) is 204 Å². The van der Waals surface area contributed by atoms with E-state index in [0.29, 0.717) is 0 Å². The zero-order chi connectivity index (χ0) is 34.9. The van der Waals surface area contributed by atoms with Gasteiger partial charge in [-0.15, -0.1) is 0 Å². The lowest BCUT2D eigenvalue weighted by molar-refractivity contribution is 0.669. The molecule has 3 nitrogen and oxygen atoms in total. The van der Waals surface area contributed by atoms with E-state index < -0.39 is 0 Å². The lowest BCUT2D eigenvalue weighted by Gasteiger charge is -2.26. The van der Waals surface area contributed by atoms with E-state index in [1.165, 1.54) is 43.4 Å². The van der Waals surface area contributed by atoms with Gasteiger partial charge in [-0.1, -0.05) is 127 Å². The number of hydrogen-bond donors (Lipinski definition) is 0. The first-order valence-electron chi connectivity index (χ1n) is 18.1. The molecule has 0 bridgehead atoms. The molecule has 0 radical (unpaired) electrons. The number of furan rings is 1. The maximum atomic E-state index is 6.94. The molecule has 0 spiro atoms. The van der Waals surface area contributed by atoms with E-state index in [1.54, 1.807) is 0 Å². The molecule has 0 fully saturated rings. The quantitative estimate of drug-likeness (QED) is 0.181. The highest BCUT2D eigenvalue weighted by atomic mass is 16.3. The maximum absolute atomic E-state index is 6.94. The van der Waals surface area contributed by atoms with Crippen molar-refractivity contribution in [3.05, 3.63) is 194 Å². The van der Waals surface area contributed by atoms with Gasteiger partial charge in [-0.05, 0) is 99.4 Å². The zero-order valence-corrected chi connectivity index (χ0v) is 28.8. The van der Waals surface area contributed by atoms with Crippen LogP contribution in [-0.4, -0.2) is 4.57 Å². The Bertz CT molecular complexity index is 3170. The minimum atomic E-state index is 0.858. The van der Waals surface area contributed by atoms with Crippen LogP contribution >= 0.6 is 0 Å². The third-order valence-corrected chi connectivity index (χ3v) is 10.7. The molecule has 11 aromatic rings. The first-order chi connectivity index (χ1) is 26.3. The number of anilines is 3. The van der Waals surface area contributed by atoms with E-state index in [9.17, 15) is 0 Å². The van der Waals surface area contributed by atoms with Crippen molar-refractivity contribution < 1.29 is 4.42 Å². The van der Waals surface area contributed by atoms with Crippen molar-refractivity contribution in [3.63, 3.8) is 0 Å². The van der Waals surface area contributed by atoms with Crippen LogP contribution in [0, 0.1) is 0 Å². The first kappa shape index (κ1) is 29.6. The highest BCUT2D eigenvalue weighted by molar-refractivity contribution is 6.22. The van der Waals surface area contributed by atoms with Crippen LogP contribution in [0.4, 0.5) is 17.1 Å². The molecule has 53 heavy (non-hydrogen) atoms. The molecule has 9 aromatic carbocycles. The second-order valence-corrected chi connectivity index (χ2v) is 13.8. The van der Waals surface area contributed by atoms with E-state index in [0.717, 1.165) is 55.8 Å². The fourth-order valence-corrected chi connectivity index (χ4v) is 8.29. The summed E-state index contributed by atoms with van der Waals surface area (Å²) in [4.78, 5) is 2.35. The topological polar surface area (TPSA) is 21.3 Å². The molecule has 0 saturated heterocycles. The van der Waals surface area contributed by atoms with Gasteiger partial charge in [-0.2, -0.15) is 0 Å². The summed E-state index contributed by atoms with van der Waals surface area (Å²) in [5, 5.41) is 9.47. The summed E-state index contributed by atoms with van der Waals surface area (Å²) >= 11 is 0. The molecule has 0 amide bonds. The molecule has 2 aromatic heterocycles. The molecule has 3 heteroatoms. The average Bonchev–Trinajstić information content (AvgIpc) is 3.77. The highest BCUT2D eigenvalue weighted by Gasteiger charge is 2.23. The van der Waals surface area contributed by atoms with Gasteiger partial charge in [0, 0.05) is 38.6 Å². The minimum absolute atomic E-state index is 0.858. The predicted molar refractivity (Wildman–Crippen MR) is 223 cm³/mol. The van der Waals surface area contributed by atoms with Gasteiger partial charge in [0.2, 0.25) is 0 Å². The number of para-hydroxylation sites is 3. The number of aromatic nitrogens is 1. The molecule has 0 atom stereocenters. The van der Waals surface area contributed by atoms with Gasteiger partial charge in [-0.25, -0.2) is 0 Å². The number of fused-ring (bicyclic) bond motifs is 9. The van der Waals surface area contributed by atoms with Crippen LogP contribution in [0.5, 0.6) is 0 Å². The molecule has 0 unspecified atom stereocenters. The molecular weight excluding hydrogens is 645 g/mol. The summed E-state index contributed by atoms with van der Waals surface area (Å²) in [6, 6.07) is 69.7. The van der Waals surface area contributed by atoms with Gasteiger partial charge in [0.1, 0.15) is 5.58 Å². The van der Waals surface area contributed by atoms with Crippen molar-refractivity contribution in [1.82, 2.24) is 4.57 Å². The Morgan fingerprint density at radius 3 is 1.92 bits per heavy atom. The number of benzene rings is 9. The van der Waals surface area contributed by atoms with Gasteiger partial charge >= 0.3 is 0 Å². The molecule has 0 N–H and O–H groups in total. The molecule has 2 heterocycles. The van der Waals surface area contributed by atoms with E-state index in [4.69, 9.17) is 4.42 Å². The van der Waals surface area contributed by atoms with Gasteiger partial charge in [0.15, 0.2) is 5.58 Å². The SMILES string of the molecule is c1ccc(N(c2ccc3ccccc3c2)c2cc(-c3ccc4c5ccccc5n(-c5ccccc5)c4c3)cc3c2oc2ccc4ccccc4c23)cc1. The Balaban J connectivity index is 1.24. The van der Waals surface area contributed by atoms with Gasteiger partial charge < -0.3 is 13.9 Å². The summed E-state index contributed by atoms with van der Waals surface area (Å²) in [7, 11) is 0. The molecule has 0 aliphatic rings. The molecular formula is C50H32N2O. The average molecular weight is 677 g/mol. The summed E-state index contributed by atoms with van der Waals surface area (Å²) in [5.74, 6) is 0. The monoisotopic (exact) mass is 676 g/mol. The van der Waals surface area contributed by atoms with Crippen molar-refractivity contribution >= 4 is 82.4 Å². The Morgan fingerprint density at radius 2 is 1.08 bits per heavy atom. The summed E-state index contributed by atoms with van der Waals surface area (Å²) in [6.45, 7) is 0. The van der Waals surface area contributed by atoms with Crippen LogP contribution < -0.4 is 4.90 Å². The fraction of sp³-hybridized carbons (Fsp3) is 0. The van der Waals surface area contributed by atoms with Crippen molar-refractivity contribution in [3.8, 4) is 16.8 Å². The summed E-state index contributed by atoms with van der Waals surface area (Å²) < 4.78 is 9.32.